The summed E-state index contributed by atoms with van der Waals surface area (Å²) in [6, 6.07) is 24.4. The molecule has 4 heterocycles. The molecule has 5 rings (SSSR count). The number of pyridine rings is 2. The standard InChI is InChI=1S/C25H23N5S/c1-17-16-20(18(2)29(17)22-13-7-9-15-27-22)24-23(21-12-6-8-14-26-21)28-25(31)30(24)19-10-4-3-5-11-19/h3-16,23-24H,1-2H3,(H,28,31)/t23-,24-/m0/s1. The van der Waals surface area contributed by atoms with Crippen LogP contribution in [0.15, 0.2) is 85.2 Å². The Hall–Kier alpha value is -3.51. The molecular formula is C25H23N5S. The normalized spacial score (nSPS) is 18.3. The van der Waals surface area contributed by atoms with Crippen molar-refractivity contribution < 1.29 is 0 Å². The number of para-hydroxylation sites is 1. The minimum absolute atomic E-state index is 0.0338. The maximum atomic E-state index is 5.82. The van der Waals surface area contributed by atoms with Crippen LogP contribution in [0.25, 0.3) is 5.82 Å². The van der Waals surface area contributed by atoms with Crippen LogP contribution in [0, 0.1) is 13.8 Å². The van der Waals surface area contributed by atoms with Gasteiger partial charge < -0.3 is 14.8 Å². The summed E-state index contributed by atoms with van der Waals surface area (Å²) in [5, 5.41) is 4.24. The molecule has 31 heavy (non-hydrogen) atoms. The third kappa shape index (κ3) is 3.39. The number of benzene rings is 1. The molecule has 2 atom stereocenters. The smallest absolute Gasteiger partial charge is 0.174 e. The molecule has 154 valence electrons. The summed E-state index contributed by atoms with van der Waals surface area (Å²) < 4.78 is 2.20. The molecule has 4 aromatic rings. The molecule has 1 aliphatic rings. The van der Waals surface area contributed by atoms with Crippen molar-refractivity contribution in [2.75, 3.05) is 4.90 Å². The van der Waals surface area contributed by atoms with E-state index < -0.39 is 0 Å². The Bertz CT molecular complexity index is 1200. The number of aryl methyl sites for hydroxylation is 1. The summed E-state index contributed by atoms with van der Waals surface area (Å²) in [6.45, 7) is 4.27. The second kappa shape index (κ2) is 7.96. The fraction of sp³-hybridized carbons (Fsp3) is 0.160. The van der Waals surface area contributed by atoms with E-state index in [1.54, 1.807) is 0 Å². The molecule has 3 aromatic heterocycles. The summed E-state index contributed by atoms with van der Waals surface area (Å²) in [6.07, 6.45) is 3.66. The monoisotopic (exact) mass is 425 g/mol. The largest absolute Gasteiger partial charge is 0.351 e. The van der Waals surface area contributed by atoms with Gasteiger partial charge in [0.1, 0.15) is 5.82 Å². The van der Waals surface area contributed by atoms with E-state index in [9.17, 15) is 0 Å². The van der Waals surface area contributed by atoms with Crippen LogP contribution in [0.3, 0.4) is 0 Å². The van der Waals surface area contributed by atoms with Crippen LogP contribution in [0.5, 0.6) is 0 Å². The van der Waals surface area contributed by atoms with Gasteiger partial charge in [-0.3, -0.25) is 4.98 Å². The Morgan fingerprint density at radius 2 is 1.58 bits per heavy atom. The second-order valence-corrected chi connectivity index (χ2v) is 8.07. The molecule has 0 amide bonds. The van der Waals surface area contributed by atoms with Crippen molar-refractivity contribution in [2.24, 2.45) is 0 Å². The molecule has 0 bridgehead atoms. The molecule has 1 N–H and O–H groups in total. The van der Waals surface area contributed by atoms with E-state index in [1.165, 1.54) is 5.56 Å². The van der Waals surface area contributed by atoms with Gasteiger partial charge in [0.25, 0.3) is 0 Å². The van der Waals surface area contributed by atoms with Crippen molar-refractivity contribution in [1.29, 1.82) is 0 Å². The van der Waals surface area contributed by atoms with E-state index >= 15 is 0 Å². The van der Waals surface area contributed by atoms with Crippen molar-refractivity contribution in [3.8, 4) is 5.82 Å². The van der Waals surface area contributed by atoms with Gasteiger partial charge in [0.15, 0.2) is 5.11 Å². The maximum absolute atomic E-state index is 5.82. The first-order valence-corrected chi connectivity index (χ1v) is 10.7. The van der Waals surface area contributed by atoms with Crippen LogP contribution >= 0.6 is 12.2 Å². The van der Waals surface area contributed by atoms with E-state index in [0.717, 1.165) is 28.6 Å². The number of nitrogens with zero attached hydrogens (tertiary/aromatic N) is 4. The van der Waals surface area contributed by atoms with Gasteiger partial charge in [0.05, 0.1) is 17.8 Å². The van der Waals surface area contributed by atoms with Crippen LogP contribution in [0.4, 0.5) is 5.69 Å². The van der Waals surface area contributed by atoms with Gasteiger partial charge in [-0.05, 0) is 74.1 Å². The van der Waals surface area contributed by atoms with Crippen molar-refractivity contribution in [3.05, 3.63) is 108 Å². The lowest BCUT2D eigenvalue weighted by molar-refractivity contribution is 0.565. The molecule has 0 unspecified atom stereocenters. The van der Waals surface area contributed by atoms with Crippen molar-refractivity contribution in [2.45, 2.75) is 25.9 Å². The summed E-state index contributed by atoms with van der Waals surface area (Å²) in [5.74, 6) is 0.915. The molecule has 1 aliphatic heterocycles. The van der Waals surface area contributed by atoms with Crippen molar-refractivity contribution >= 4 is 23.0 Å². The number of rotatable bonds is 4. The lowest BCUT2D eigenvalue weighted by atomic mass is 9.96. The first kappa shape index (κ1) is 19.5. The second-order valence-electron chi connectivity index (χ2n) is 7.68. The van der Waals surface area contributed by atoms with Gasteiger partial charge in [0, 0.05) is 29.5 Å². The SMILES string of the molecule is Cc1cc([C@H]2[C@H](c3ccccn3)NC(=S)N2c2ccccc2)c(C)n1-c1ccccn1. The number of nitrogens with one attached hydrogen (secondary N) is 1. The van der Waals surface area contributed by atoms with E-state index in [2.05, 4.69) is 62.9 Å². The highest BCUT2D eigenvalue weighted by molar-refractivity contribution is 7.80. The highest BCUT2D eigenvalue weighted by Gasteiger charge is 2.42. The van der Waals surface area contributed by atoms with Crippen LogP contribution in [0.1, 0.15) is 34.7 Å². The average Bonchev–Trinajstić information content (AvgIpc) is 3.30. The number of thiocarbonyl (C=S) groups is 1. The summed E-state index contributed by atoms with van der Waals surface area (Å²) in [5.41, 5.74) is 5.52. The molecule has 1 aromatic carbocycles. The summed E-state index contributed by atoms with van der Waals surface area (Å²) in [4.78, 5) is 11.4. The first-order valence-electron chi connectivity index (χ1n) is 10.3. The average molecular weight is 426 g/mol. The molecule has 1 saturated heterocycles. The number of hydrogen-bond acceptors (Lipinski definition) is 3. The minimum atomic E-state index is -0.0633. The Morgan fingerprint density at radius 3 is 2.26 bits per heavy atom. The quantitative estimate of drug-likeness (QED) is 0.463. The lowest BCUT2D eigenvalue weighted by Gasteiger charge is -2.28. The van der Waals surface area contributed by atoms with Gasteiger partial charge in [-0.25, -0.2) is 4.98 Å². The van der Waals surface area contributed by atoms with Gasteiger partial charge in [-0.15, -0.1) is 0 Å². The van der Waals surface area contributed by atoms with Crippen LogP contribution in [0.2, 0.25) is 0 Å². The Kier molecular flexibility index (Phi) is 5.00. The lowest BCUT2D eigenvalue weighted by Crippen LogP contribution is -2.29. The van der Waals surface area contributed by atoms with Crippen LogP contribution < -0.4 is 10.2 Å². The first-order chi connectivity index (χ1) is 15.1. The summed E-state index contributed by atoms with van der Waals surface area (Å²) in [7, 11) is 0. The van der Waals surface area contributed by atoms with Gasteiger partial charge in [-0.2, -0.15) is 0 Å². The van der Waals surface area contributed by atoms with Crippen molar-refractivity contribution in [1.82, 2.24) is 19.9 Å². The molecule has 0 saturated carbocycles. The third-order valence-corrected chi connectivity index (χ3v) is 6.11. The zero-order valence-electron chi connectivity index (χ0n) is 17.4. The van der Waals surface area contributed by atoms with Crippen LogP contribution in [-0.2, 0) is 0 Å². The number of hydrogen-bond donors (Lipinski definition) is 1. The molecule has 5 nitrogen and oxygen atoms in total. The van der Waals surface area contributed by atoms with Crippen LogP contribution in [-0.4, -0.2) is 19.6 Å². The fourth-order valence-corrected chi connectivity index (χ4v) is 4.81. The van der Waals surface area contributed by atoms with E-state index in [4.69, 9.17) is 12.2 Å². The third-order valence-electron chi connectivity index (χ3n) is 5.80. The molecule has 6 heteroatoms. The highest BCUT2D eigenvalue weighted by atomic mass is 32.1. The molecule has 0 spiro atoms. The fourth-order valence-electron chi connectivity index (χ4n) is 4.46. The Balaban J connectivity index is 1.68. The van der Waals surface area contributed by atoms with E-state index in [0.29, 0.717) is 5.11 Å². The number of aromatic nitrogens is 3. The molecule has 1 fully saturated rings. The Labute approximate surface area is 187 Å². The molecule has 0 aliphatic carbocycles. The van der Waals surface area contributed by atoms with Crippen molar-refractivity contribution in [3.63, 3.8) is 0 Å². The maximum Gasteiger partial charge on any atom is 0.174 e. The predicted molar refractivity (Wildman–Crippen MR) is 127 cm³/mol. The van der Waals surface area contributed by atoms with E-state index in [1.807, 2.05) is 60.9 Å². The van der Waals surface area contributed by atoms with Gasteiger partial charge in [0.2, 0.25) is 0 Å². The summed E-state index contributed by atoms with van der Waals surface area (Å²) >= 11 is 5.82. The zero-order chi connectivity index (χ0) is 21.4. The van der Waals surface area contributed by atoms with Gasteiger partial charge in [-0.1, -0.05) is 30.3 Å². The van der Waals surface area contributed by atoms with Gasteiger partial charge >= 0.3 is 0 Å². The predicted octanol–water partition coefficient (Wildman–Crippen LogP) is 5.06. The zero-order valence-corrected chi connectivity index (χ0v) is 18.3. The Morgan fingerprint density at radius 1 is 0.871 bits per heavy atom. The minimum Gasteiger partial charge on any atom is -0.351 e. The molecular weight excluding hydrogens is 402 g/mol. The number of anilines is 1. The van der Waals surface area contributed by atoms with E-state index in [-0.39, 0.29) is 12.1 Å². The molecule has 0 radical (unpaired) electrons. The topological polar surface area (TPSA) is 46.0 Å². The highest BCUT2D eigenvalue weighted by Crippen LogP contribution is 2.43.